The van der Waals surface area contributed by atoms with Gasteiger partial charge in [0.05, 0.1) is 0 Å². The maximum absolute atomic E-state index is 2.35. The zero-order valence-electron chi connectivity index (χ0n) is 9.44. The Kier molecular flexibility index (Phi) is 10.0. The summed E-state index contributed by atoms with van der Waals surface area (Å²) in [5.41, 5.74) is 0. The Morgan fingerprint density at radius 2 is 1.27 bits per heavy atom. The molecule has 11 heavy (non-hydrogen) atoms. The van der Waals surface area contributed by atoms with Crippen molar-refractivity contribution in [2.75, 3.05) is 0 Å². The number of rotatable bonds is 3. The molecule has 0 N–H and O–H groups in total. The van der Waals surface area contributed by atoms with Gasteiger partial charge < -0.3 is 0 Å². The van der Waals surface area contributed by atoms with Crippen molar-refractivity contribution >= 4 is 0 Å². The Morgan fingerprint density at radius 1 is 0.909 bits per heavy atom. The lowest BCUT2D eigenvalue weighted by Gasteiger charge is -2.21. The Labute approximate surface area is 73.4 Å². The van der Waals surface area contributed by atoms with E-state index in [2.05, 4.69) is 34.6 Å². The highest BCUT2D eigenvalue weighted by molar-refractivity contribution is 4.62. The predicted molar refractivity (Wildman–Crippen MR) is 54.8 cm³/mol. The van der Waals surface area contributed by atoms with Crippen LogP contribution in [0.5, 0.6) is 0 Å². The summed E-state index contributed by atoms with van der Waals surface area (Å²) in [5.74, 6) is 2.62. The summed E-state index contributed by atoms with van der Waals surface area (Å²) < 4.78 is 0. The highest BCUT2D eigenvalue weighted by atomic mass is 14.2. The summed E-state index contributed by atoms with van der Waals surface area (Å²) in [5, 5.41) is 0. The third-order valence-corrected chi connectivity index (χ3v) is 2.59. The van der Waals surface area contributed by atoms with Gasteiger partial charge in [-0.15, -0.1) is 0 Å². The van der Waals surface area contributed by atoms with E-state index in [1.165, 1.54) is 6.42 Å². The SMILES string of the molecule is CC.CCC(C)C(C)C(C)C. The van der Waals surface area contributed by atoms with Crippen LogP contribution in [0, 0.1) is 17.8 Å². The molecule has 0 aliphatic heterocycles. The molecule has 70 valence electrons. The molecule has 0 bridgehead atoms. The smallest absolute Gasteiger partial charge is 0.0394 e. The lowest BCUT2D eigenvalue weighted by atomic mass is 9.85. The van der Waals surface area contributed by atoms with Crippen LogP contribution in [0.2, 0.25) is 0 Å². The molecule has 0 aliphatic rings. The molecule has 0 amide bonds. The average Bonchev–Trinajstić information content (AvgIpc) is 2.05. The Hall–Kier alpha value is 0. The third kappa shape index (κ3) is 6.40. The largest absolute Gasteiger partial charge is 0.0683 e. The van der Waals surface area contributed by atoms with Crippen LogP contribution < -0.4 is 0 Å². The summed E-state index contributed by atoms with van der Waals surface area (Å²) in [4.78, 5) is 0. The molecule has 0 saturated heterocycles. The second-order valence-electron chi connectivity index (χ2n) is 3.49. The van der Waals surface area contributed by atoms with Crippen molar-refractivity contribution in [3.8, 4) is 0 Å². The monoisotopic (exact) mass is 158 g/mol. The van der Waals surface area contributed by atoms with Gasteiger partial charge in [-0.1, -0.05) is 54.9 Å². The van der Waals surface area contributed by atoms with Gasteiger partial charge in [0.25, 0.3) is 0 Å². The van der Waals surface area contributed by atoms with Crippen molar-refractivity contribution in [1.29, 1.82) is 0 Å². The molecule has 0 nitrogen and oxygen atoms in total. The molecular weight excluding hydrogens is 132 g/mol. The molecule has 0 saturated carbocycles. The van der Waals surface area contributed by atoms with Crippen molar-refractivity contribution in [3.05, 3.63) is 0 Å². The van der Waals surface area contributed by atoms with Gasteiger partial charge in [0.15, 0.2) is 0 Å². The Bertz CT molecular complexity index is 64.4. The molecule has 0 rings (SSSR count). The van der Waals surface area contributed by atoms with Crippen LogP contribution in [-0.2, 0) is 0 Å². The van der Waals surface area contributed by atoms with Crippen molar-refractivity contribution < 1.29 is 0 Å². The first-order valence-corrected chi connectivity index (χ1v) is 5.09. The minimum Gasteiger partial charge on any atom is -0.0683 e. The third-order valence-electron chi connectivity index (χ3n) is 2.59. The lowest BCUT2D eigenvalue weighted by Crippen LogP contribution is -2.12. The molecule has 0 aromatic carbocycles. The van der Waals surface area contributed by atoms with Crippen LogP contribution in [-0.4, -0.2) is 0 Å². The maximum atomic E-state index is 2.35. The van der Waals surface area contributed by atoms with E-state index < -0.39 is 0 Å². The molecule has 0 radical (unpaired) electrons. The van der Waals surface area contributed by atoms with Gasteiger partial charge in [0.1, 0.15) is 0 Å². The summed E-state index contributed by atoms with van der Waals surface area (Å²) in [6.07, 6.45) is 1.32. The predicted octanol–water partition coefficient (Wildman–Crippen LogP) is 4.35. The first-order valence-electron chi connectivity index (χ1n) is 5.09. The number of hydrogen-bond donors (Lipinski definition) is 0. The summed E-state index contributed by atoms with van der Waals surface area (Å²) in [7, 11) is 0. The minimum absolute atomic E-state index is 0.847. The van der Waals surface area contributed by atoms with Crippen molar-refractivity contribution in [3.63, 3.8) is 0 Å². The lowest BCUT2D eigenvalue weighted by molar-refractivity contribution is 0.289. The van der Waals surface area contributed by atoms with E-state index in [-0.39, 0.29) is 0 Å². The normalized spacial score (nSPS) is 15.3. The van der Waals surface area contributed by atoms with Gasteiger partial charge in [0, 0.05) is 0 Å². The van der Waals surface area contributed by atoms with Crippen LogP contribution in [0.25, 0.3) is 0 Å². The molecule has 0 aromatic heterocycles. The average molecular weight is 158 g/mol. The molecule has 0 fully saturated rings. The van der Waals surface area contributed by atoms with Gasteiger partial charge in [-0.2, -0.15) is 0 Å². The summed E-state index contributed by atoms with van der Waals surface area (Å²) in [6.45, 7) is 15.6. The van der Waals surface area contributed by atoms with Gasteiger partial charge in [-0.05, 0) is 17.8 Å². The van der Waals surface area contributed by atoms with E-state index in [4.69, 9.17) is 0 Å². The van der Waals surface area contributed by atoms with Gasteiger partial charge >= 0.3 is 0 Å². The quantitative estimate of drug-likeness (QED) is 0.573. The van der Waals surface area contributed by atoms with Gasteiger partial charge in [-0.25, -0.2) is 0 Å². The van der Waals surface area contributed by atoms with Crippen LogP contribution in [0.15, 0.2) is 0 Å². The Balaban J connectivity index is 0. The van der Waals surface area contributed by atoms with E-state index in [1.54, 1.807) is 0 Å². The van der Waals surface area contributed by atoms with Crippen LogP contribution in [0.3, 0.4) is 0 Å². The topological polar surface area (TPSA) is 0 Å². The molecule has 0 heterocycles. The van der Waals surface area contributed by atoms with E-state index in [0.29, 0.717) is 0 Å². The zero-order chi connectivity index (χ0) is 9.44. The van der Waals surface area contributed by atoms with E-state index in [9.17, 15) is 0 Å². The van der Waals surface area contributed by atoms with Crippen molar-refractivity contribution in [2.45, 2.75) is 54.9 Å². The molecule has 2 atom stereocenters. The molecular formula is C11H26. The fraction of sp³-hybridized carbons (Fsp3) is 1.00. The fourth-order valence-electron chi connectivity index (χ4n) is 1.03. The zero-order valence-corrected chi connectivity index (χ0v) is 9.44. The first kappa shape index (κ1) is 13.6. The molecule has 0 spiro atoms. The standard InChI is InChI=1S/C9H20.C2H6/c1-6-8(4)9(5)7(2)3;1-2/h7-9H,6H2,1-5H3;1-2H3. The second kappa shape index (κ2) is 8.10. The summed E-state index contributed by atoms with van der Waals surface area (Å²) in [6, 6.07) is 0. The van der Waals surface area contributed by atoms with E-state index >= 15 is 0 Å². The van der Waals surface area contributed by atoms with Gasteiger partial charge in [-0.3, -0.25) is 0 Å². The molecule has 0 aliphatic carbocycles. The highest BCUT2D eigenvalue weighted by Gasteiger charge is 2.12. The van der Waals surface area contributed by atoms with E-state index in [1.807, 2.05) is 13.8 Å². The molecule has 0 heteroatoms. The Morgan fingerprint density at radius 3 is 1.36 bits per heavy atom. The number of hydrogen-bond acceptors (Lipinski definition) is 0. The fourth-order valence-corrected chi connectivity index (χ4v) is 1.03. The van der Waals surface area contributed by atoms with Crippen molar-refractivity contribution in [1.82, 2.24) is 0 Å². The van der Waals surface area contributed by atoms with Crippen molar-refractivity contribution in [2.24, 2.45) is 17.8 Å². The van der Waals surface area contributed by atoms with Crippen LogP contribution in [0.4, 0.5) is 0 Å². The van der Waals surface area contributed by atoms with Crippen LogP contribution in [0.1, 0.15) is 54.9 Å². The molecule has 0 aromatic rings. The van der Waals surface area contributed by atoms with Crippen LogP contribution >= 0.6 is 0 Å². The minimum atomic E-state index is 0.847. The summed E-state index contributed by atoms with van der Waals surface area (Å²) >= 11 is 0. The first-order chi connectivity index (χ1) is 5.09. The molecule has 2 unspecified atom stereocenters. The second-order valence-corrected chi connectivity index (χ2v) is 3.49. The van der Waals surface area contributed by atoms with Gasteiger partial charge in [0.2, 0.25) is 0 Å². The van der Waals surface area contributed by atoms with E-state index in [0.717, 1.165) is 17.8 Å². The maximum Gasteiger partial charge on any atom is -0.0394 e. The highest BCUT2D eigenvalue weighted by Crippen LogP contribution is 2.21.